The van der Waals surface area contributed by atoms with Crippen LogP contribution in [-0.2, 0) is 0 Å². The minimum atomic E-state index is -0.576. The van der Waals surface area contributed by atoms with Crippen LogP contribution in [-0.4, -0.2) is 26.3 Å². The van der Waals surface area contributed by atoms with Crippen molar-refractivity contribution in [1.82, 2.24) is 20.4 Å². The lowest BCUT2D eigenvalue weighted by Crippen LogP contribution is -2.14. The van der Waals surface area contributed by atoms with E-state index >= 15 is 0 Å². The highest BCUT2D eigenvalue weighted by Crippen LogP contribution is 2.23. The van der Waals surface area contributed by atoms with Gasteiger partial charge in [-0.05, 0) is 6.07 Å². The van der Waals surface area contributed by atoms with Crippen LogP contribution < -0.4 is 5.32 Å². The first kappa shape index (κ1) is 14.2. The number of rotatable bonds is 2. The summed E-state index contributed by atoms with van der Waals surface area (Å²) in [5.74, 6) is -0.576. The van der Waals surface area contributed by atoms with Crippen molar-refractivity contribution in [2.24, 2.45) is 0 Å². The molecule has 19 heavy (non-hydrogen) atoms. The van der Waals surface area contributed by atoms with E-state index in [0.29, 0.717) is 0 Å². The van der Waals surface area contributed by atoms with Gasteiger partial charge in [-0.15, -0.1) is 20.4 Å². The first-order valence-corrected chi connectivity index (χ1v) is 6.17. The molecule has 6 nitrogen and oxygen atoms in total. The van der Waals surface area contributed by atoms with E-state index < -0.39 is 5.91 Å². The Labute approximate surface area is 127 Å². The van der Waals surface area contributed by atoms with Crippen molar-refractivity contribution in [3.05, 3.63) is 38.3 Å². The van der Waals surface area contributed by atoms with Crippen LogP contribution in [0.15, 0.2) is 12.1 Å². The highest BCUT2D eigenvalue weighted by Gasteiger charge is 2.15. The summed E-state index contributed by atoms with van der Waals surface area (Å²) in [7, 11) is 0. The van der Waals surface area contributed by atoms with Gasteiger partial charge < -0.3 is 5.32 Å². The van der Waals surface area contributed by atoms with Crippen molar-refractivity contribution in [3.8, 4) is 0 Å². The molecule has 2 aromatic rings. The number of hydrogen-bond acceptors (Lipinski definition) is 5. The van der Waals surface area contributed by atoms with Gasteiger partial charge in [-0.3, -0.25) is 4.79 Å². The Bertz CT molecular complexity index is 651. The molecule has 0 spiro atoms. The number of anilines is 1. The van der Waals surface area contributed by atoms with Gasteiger partial charge in [0.25, 0.3) is 5.91 Å². The lowest BCUT2D eigenvalue weighted by molar-refractivity contribution is 0.102. The third kappa shape index (κ3) is 3.42. The van der Waals surface area contributed by atoms with Gasteiger partial charge in [-0.2, -0.15) is 0 Å². The lowest BCUT2D eigenvalue weighted by atomic mass is 10.3. The van der Waals surface area contributed by atoms with Gasteiger partial charge >= 0.3 is 0 Å². The molecule has 98 valence electrons. The second kappa shape index (κ2) is 5.83. The molecule has 0 radical (unpaired) electrons. The summed E-state index contributed by atoms with van der Waals surface area (Å²) in [6.45, 7) is 0. The average molecular weight is 339 g/mol. The molecule has 1 N–H and O–H groups in total. The van der Waals surface area contributed by atoms with Gasteiger partial charge in [0.05, 0.1) is 11.3 Å². The second-order valence-electron chi connectivity index (χ2n) is 3.20. The van der Waals surface area contributed by atoms with Crippen LogP contribution in [0.3, 0.4) is 0 Å². The normalized spacial score (nSPS) is 10.3. The fraction of sp³-hybridized carbons (Fsp3) is 0. The summed E-state index contributed by atoms with van der Waals surface area (Å²) >= 11 is 22.8. The van der Waals surface area contributed by atoms with Crippen LogP contribution in [0.25, 0.3) is 0 Å². The zero-order valence-corrected chi connectivity index (χ0v) is 11.9. The Balaban J connectivity index is 2.30. The Morgan fingerprint density at radius 2 is 1.47 bits per heavy atom. The van der Waals surface area contributed by atoms with Crippen LogP contribution in [0.5, 0.6) is 0 Å². The average Bonchev–Trinajstić information content (AvgIpc) is 2.36. The highest BCUT2D eigenvalue weighted by atomic mass is 35.5. The van der Waals surface area contributed by atoms with Crippen LogP contribution >= 0.6 is 46.4 Å². The van der Waals surface area contributed by atoms with Gasteiger partial charge in [0.1, 0.15) is 0 Å². The highest BCUT2D eigenvalue weighted by molar-refractivity contribution is 6.36. The number of nitrogens with zero attached hydrogens (tertiary/aromatic N) is 4. The van der Waals surface area contributed by atoms with Crippen molar-refractivity contribution >= 4 is 58.0 Å². The van der Waals surface area contributed by atoms with Crippen molar-refractivity contribution in [1.29, 1.82) is 0 Å². The molecule has 0 unspecified atom stereocenters. The summed E-state index contributed by atoms with van der Waals surface area (Å²) in [5, 5.41) is 16.5. The van der Waals surface area contributed by atoms with E-state index in [-0.39, 0.29) is 31.9 Å². The van der Waals surface area contributed by atoms with E-state index in [2.05, 4.69) is 25.7 Å². The van der Waals surface area contributed by atoms with E-state index in [1.165, 1.54) is 12.1 Å². The Morgan fingerprint density at radius 3 is 2.16 bits per heavy atom. The summed E-state index contributed by atoms with van der Waals surface area (Å²) in [6, 6.07) is 2.62. The minimum absolute atomic E-state index is 0.0121. The summed E-state index contributed by atoms with van der Waals surface area (Å²) in [6.07, 6.45) is 0. The molecule has 0 aromatic carbocycles. The molecule has 0 saturated heterocycles. The van der Waals surface area contributed by atoms with Crippen molar-refractivity contribution in [3.63, 3.8) is 0 Å². The molecule has 2 rings (SSSR count). The third-order valence-electron chi connectivity index (χ3n) is 1.93. The van der Waals surface area contributed by atoms with E-state index in [1.807, 2.05) is 0 Å². The fourth-order valence-electron chi connectivity index (χ4n) is 1.14. The number of hydrogen-bond donors (Lipinski definition) is 1. The maximum absolute atomic E-state index is 12.0. The van der Waals surface area contributed by atoms with E-state index in [1.54, 1.807) is 0 Å². The lowest BCUT2D eigenvalue weighted by Gasteiger charge is -2.07. The molecule has 1 amide bonds. The quantitative estimate of drug-likeness (QED) is 0.909. The summed E-state index contributed by atoms with van der Waals surface area (Å²) in [5.41, 5.74) is 0.237. The standard InChI is InChI=1S/C9H3Cl4N5O/c10-5-1-3(7(12)17-15-5)9(19)14-4-2-6(11)16-18-8(4)13/h1-2H,(H,14,16,19). The topological polar surface area (TPSA) is 80.7 Å². The molecule has 0 fully saturated rings. The van der Waals surface area contributed by atoms with Gasteiger partial charge in [0.15, 0.2) is 20.6 Å². The molecule has 0 bridgehead atoms. The largest absolute Gasteiger partial charge is 0.319 e. The fourth-order valence-corrected chi connectivity index (χ4v) is 1.75. The van der Waals surface area contributed by atoms with E-state index in [0.717, 1.165) is 0 Å². The predicted octanol–water partition coefficient (Wildman–Crippen LogP) is 3.13. The van der Waals surface area contributed by atoms with Crippen molar-refractivity contribution in [2.75, 3.05) is 5.32 Å². The SMILES string of the molecule is O=C(Nc1cc(Cl)nnc1Cl)c1cc(Cl)nnc1Cl. The number of nitrogens with one attached hydrogen (secondary N) is 1. The molecular weight excluding hydrogens is 336 g/mol. The molecule has 2 heterocycles. The molecule has 0 saturated carbocycles. The monoisotopic (exact) mass is 337 g/mol. The summed E-state index contributed by atoms with van der Waals surface area (Å²) in [4.78, 5) is 12.0. The predicted molar refractivity (Wildman–Crippen MR) is 72.1 cm³/mol. The molecule has 0 aliphatic heterocycles. The van der Waals surface area contributed by atoms with Crippen LogP contribution in [0.4, 0.5) is 5.69 Å². The van der Waals surface area contributed by atoms with Crippen LogP contribution in [0.1, 0.15) is 10.4 Å². The molecular formula is C9H3Cl4N5O. The van der Waals surface area contributed by atoms with Gasteiger partial charge in [-0.25, -0.2) is 0 Å². The Hall–Kier alpha value is -1.21. The van der Waals surface area contributed by atoms with Crippen LogP contribution in [0, 0.1) is 0 Å². The molecule has 10 heteroatoms. The van der Waals surface area contributed by atoms with Gasteiger partial charge in [0.2, 0.25) is 0 Å². The van der Waals surface area contributed by atoms with E-state index in [9.17, 15) is 4.79 Å². The summed E-state index contributed by atoms with van der Waals surface area (Å²) < 4.78 is 0. The van der Waals surface area contributed by atoms with Crippen LogP contribution in [0.2, 0.25) is 20.6 Å². The molecule has 2 aromatic heterocycles. The van der Waals surface area contributed by atoms with Gasteiger partial charge in [-0.1, -0.05) is 46.4 Å². The smallest absolute Gasteiger partial charge is 0.259 e. The van der Waals surface area contributed by atoms with Crippen molar-refractivity contribution < 1.29 is 4.79 Å². The number of amides is 1. The zero-order chi connectivity index (χ0) is 14.0. The number of carbonyl (C=O) groups is 1. The van der Waals surface area contributed by atoms with E-state index in [4.69, 9.17) is 46.4 Å². The second-order valence-corrected chi connectivity index (χ2v) is 4.69. The molecule has 0 atom stereocenters. The number of carbonyl (C=O) groups excluding carboxylic acids is 1. The molecule has 0 aliphatic carbocycles. The first-order valence-electron chi connectivity index (χ1n) is 4.66. The zero-order valence-electron chi connectivity index (χ0n) is 8.86. The minimum Gasteiger partial charge on any atom is -0.319 e. The maximum Gasteiger partial charge on any atom is 0.259 e. The van der Waals surface area contributed by atoms with Crippen molar-refractivity contribution in [2.45, 2.75) is 0 Å². The Kier molecular flexibility index (Phi) is 4.36. The number of halogens is 4. The number of aromatic nitrogens is 4. The Morgan fingerprint density at radius 1 is 0.895 bits per heavy atom. The first-order chi connectivity index (χ1) is 8.97. The third-order valence-corrected chi connectivity index (χ3v) is 2.86. The maximum atomic E-state index is 12.0. The van der Waals surface area contributed by atoms with Gasteiger partial charge in [0, 0.05) is 6.07 Å². The molecule has 0 aliphatic rings.